The van der Waals surface area contributed by atoms with Gasteiger partial charge < -0.3 is 9.80 Å². The molecule has 1 aliphatic rings. The second-order valence-electron chi connectivity index (χ2n) is 8.46. The van der Waals surface area contributed by atoms with Gasteiger partial charge in [0.2, 0.25) is 5.95 Å². The van der Waals surface area contributed by atoms with Gasteiger partial charge in [0.05, 0.1) is 12.1 Å². The fourth-order valence-corrected chi connectivity index (χ4v) is 4.59. The zero-order valence-electron chi connectivity index (χ0n) is 18.9. The molecular formula is C23H27F3N6S. The molecule has 3 heterocycles. The average Bonchev–Trinajstić information content (AvgIpc) is 3.21. The SMILES string of the molecule is Cc1cc(N2CCN(Cc3csc(-c4ccc(CC(F)(F)F)cc4)n3)CC2)nc(N(C)C)n1. The summed E-state index contributed by atoms with van der Waals surface area (Å²) in [5, 5.41) is 2.86. The van der Waals surface area contributed by atoms with Gasteiger partial charge in [0.1, 0.15) is 10.8 Å². The van der Waals surface area contributed by atoms with Crippen LogP contribution in [0.2, 0.25) is 0 Å². The highest BCUT2D eigenvalue weighted by molar-refractivity contribution is 7.13. The minimum atomic E-state index is -4.19. The molecule has 1 aliphatic heterocycles. The number of hydrogen-bond donors (Lipinski definition) is 0. The van der Waals surface area contributed by atoms with Crippen LogP contribution in [0.5, 0.6) is 0 Å². The zero-order chi connectivity index (χ0) is 23.6. The summed E-state index contributed by atoms with van der Waals surface area (Å²) in [6.45, 7) is 6.29. The van der Waals surface area contributed by atoms with Gasteiger partial charge in [-0.2, -0.15) is 18.2 Å². The van der Waals surface area contributed by atoms with Gasteiger partial charge in [0.15, 0.2) is 0 Å². The molecule has 0 saturated carbocycles. The summed E-state index contributed by atoms with van der Waals surface area (Å²) in [6, 6.07) is 8.51. The molecule has 3 aromatic rings. The second kappa shape index (κ2) is 9.64. The molecule has 10 heteroatoms. The largest absolute Gasteiger partial charge is 0.393 e. The quantitative estimate of drug-likeness (QED) is 0.526. The molecule has 33 heavy (non-hydrogen) atoms. The maximum atomic E-state index is 12.6. The topological polar surface area (TPSA) is 48.4 Å². The van der Waals surface area contributed by atoms with Gasteiger partial charge in [-0.15, -0.1) is 11.3 Å². The van der Waals surface area contributed by atoms with Crippen LogP contribution in [0.3, 0.4) is 0 Å². The summed E-state index contributed by atoms with van der Waals surface area (Å²) in [7, 11) is 3.88. The predicted octanol–water partition coefficient (Wildman–Crippen LogP) is 4.40. The highest BCUT2D eigenvalue weighted by Crippen LogP contribution is 2.27. The molecule has 0 radical (unpaired) electrons. The minimum absolute atomic E-state index is 0.262. The smallest absolute Gasteiger partial charge is 0.354 e. The number of piperazine rings is 1. The first-order chi connectivity index (χ1) is 15.7. The van der Waals surface area contributed by atoms with Crippen molar-refractivity contribution < 1.29 is 13.2 Å². The Kier molecular flexibility index (Phi) is 6.85. The van der Waals surface area contributed by atoms with Crippen molar-refractivity contribution in [1.82, 2.24) is 19.9 Å². The van der Waals surface area contributed by atoms with E-state index in [1.807, 2.05) is 37.4 Å². The van der Waals surface area contributed by atoms with Crippen molar-refractivity contribution in [2.45, 2.75) is 26.1 Å². The lowest BCUT2D eigenvalue weighted by atomic mass is 10.1. The normalized spacial score (nSPS) is 15.2. The average molecular weight is 477 g/mol. The van der Waals surface area contributed by atoms with Gasteiger partial charge in [-0.25, -0.2) is 9.97 Å². The lowest BCUT2D eigenvalue weighted by Crippen LogP contribution is -2.46. The summed E-state index contributed by atoms with van der Waals surface area (Å²) in [5.74, 6) is 1.67. The Hall–Kier alpha value is -2.72. The van der Waals surface area contributed by atoms with E-state index < -0.39 is 12.6 Å². The molecule has 0 aliphatic carbocycles. The van der Waals surface area contributed by atoms with Crippen molar-refractivity contribution in [3.8, 4) is 10.6 Å². The van der Waals surface area contributed by atoms with Crippen LogP contribution in [-0.4, -0.2) is 66.3 Å². The number of thiazole rings is 1. The summed E-state index contributed by atoms with van der Waals surface area (Å²) >= 11 is 1.52. The summed E-state index contributed by atoms with van der Waals surface area (Å²) in [6.07, 6.45) is -5.10. The predicted molar refractivity (Wildman–Crippen MR) is 126 cm³/mol. The third kappa shape index (κ3) is 6.20. The molecule has 0 bridgehead atoms. The van der Waals surface area contributed by atoms with E-state index >= 15 is 0 Å². The molecule has 6 nitrogen and oxygen atoms in total. The molecule has 1 aromatic carbocycles. The molecule has 0 amide bonds. The van der Waals surface area contributed by atoms with Crippen LogP contribution in [0.4, 0.5) is 24.9 Å². The molecule has 176 valence electrons. The molecule has 4 rings (SSSR count). The van der Waals surface area contributed by atoms with E-state index in [1.54, 1.807) is 12.1 Å². The summed E-state index contributed by atoms with van der Waals surface area (Å²) in [4.78, 5) is 20.4. The maximum Gasteiger partial charge on any atom is 0.393 e. The number of benzene rings is 1. The van der Waals surface area contributed by atoms with Crippen molar-refractivity contribution in [2.24, 2.45) is 0 Å². The van der Waals surface area contributed by atoms with E-state index in [0.717, 1.165) is 60.5 Å². The third-order valence-electron chi connectivity index (χ3n) is 5.47. The summed E-state index contributed by atoms with van der Waals surface area (Å²) in [5.41, 5.74) is 3.04. The number of anilines is 2. The van der Waals surface area contributed by atoms with Crippen molar-refractivity contribution in [1.29, 1.82) is 0 Å². The Morgan fingerprint density at radius 3 is 2.33 bits per heavy atom. The first-order valence-corrected chi connectivity index (χ1v) is 11.6. The molecule has 1 saturated heterocycles. The monoisotopic (exact) mass is 476 g/mol. The number of aromatic nitrogens is 3. The third-order valence-corrected chi connectivity index (χ3v) is 6.41. The zero-order valence-corrected chi connectivity index (χ0v) is 19.7. The molecule has 0 N–H and O–H groups in total. The number of alkyl halides is 3. The van der Waals surface area contributed by atoms with Gasteiger partial charge >= 0.3 is 6.18 Å². The fourth-order valence-electron chi connectivity index (χ4n) is 3.77. The van der Waals surface area contributed by atoms with E-state index in [0.29, 0.717) is 5.95 Å². The number of rotatable bonds is 6. The van der Waals surface area contributed by atoms with Gasteiger partial charge in [0, 0.05) is 69.5 Å². The van der Waals surface area contributed by atoms with Crippen LogP contribution >= 0.6 is 11.3 Å². The van der Waals surface area contributed by atoms with Crippen LogP contribution in [0.15, 0.2) is 35.7 Å². The van der Waals surface area contributed by atoms with E-state index in [1.165, 1.54) is 23.5 Å². The Morgan fingerprint density at radius 2 is 1.70 bits per heavy atom. The second-order valence-corrected chi connectivity index (χ2v) is 9.32. The maximum absolute atomic E-state index is 12.6. The Bertz CT molecular complexity index is 1070. The summed E-state index contributed by atoms with van der Waals surface area (Å²) < 4.78 is 37.7. The van der Waals surface area contributed by atoms with E-state index in [-0.39, 0.29) is 5.56 Å². The van der Waals surface area contributed by atoms with Crippen LogP contribution in [0.25, 0.3) is 10.6 Å². The first-order valence-electron chi connectivity index (χ1n) is 10.8. The van der Waals surface area contributed by atoms with Crippen LogP contribution in [0, 0.1) is 6.92 Å². The fraction of sp³-hybridized carbons (Fsp3) is 0.435. The van der Waals surface area contributed by atoms with Crippen LogP contribution in [-0.2, 0) is 13.0 Å². The number of aryl methyl sites for hydroxylation is 1. The molecule has 0 unspecified atom stereocenters. The highest BCUT2D eigenvalue weighted by atomic mass is 32.1. The minimum Gasteiger partial charge on any atom is -0.354 e. The van der Waals surface area contributed by atoms with Crippen molar-refractivity contribution in [3.05, 3.63) is 52.7 Å². The molecular weight excluding hydrogens is 449 g/mol. The Labute approximate surface area is 195 Å². The van der Waals surface area contributed by atoms with Crippen LogP contribution in [0.1, 0.15) is 17.0 Å². The van der Waals surface area contributed by atoms with Crippen molar-refractivity contribution in [2.75, 3.05) is 50.1 Å². The number of nitrogens with zero attached hydrogens (tertiary/aromatic N) is 6. The number of halogens is 3. The molecule has 0 spiro atoms. The Balaban J connectivity index is 1.34. The van der Waals surface area contributed by atoms with Gasteiger partial charge in [-0.1, -0.05) is 24.3 Å². The van der Waals surface area contributed by atoms with E-state index in [4.69, 9.17) is 4.98 Å². The highest BCUT2D eigenvalue weighted by Gasteiger charge is 2.27. The van der Waals surface area contributed by atoms with Crippen molar-refractivity contribution >= 4 is 23.1 Å². The van der Waals surface area contributed by atoms with E-state index in [9.17, 15) is 13.2 Å². The Morgan fingerprint density at radius 1 is 1.00 bits per heavy atom. The number of hydrogen-bond acceptors (Lipinski definition) is 7. The molecule has 2 aromatic heterocycles. The van der Waals surface area contributed by atoms with E-state index in [2.05, 4.69) is 19.8 Å². The standard InChI is InChI=1S/C23H27F3N6S/c1-16-12-20(29-22(27-16)30(2)3)32-10-8-31(9-11-32)14-19-15-33-21(28-19)18-6-4-17(5-7-18)13-23(24,25)26/h4-7,12,15H,8-11,13-14H2,1-3H3. The molecule has 0 atom stereocenters. The molecule has 1 fully saturated rings. The van der Waals surface area contributed by atoms with Gasteiger partial charge in [-0.3, -0.25) is 4.90 Å². The lowest BCUT2D eigenvalue weighted by molar-refractivity contribution is -0.127. The van der Waals surface area contributed by atoms with Crippen LogP contribution < -0.4 is 9.80 Å². The van der Waals surface area contributed by atoms with Gasteiger partial charge in [-0.05, 0) is 12.5 Å². The van der Waals surface area contributed by atoms with Crippen molar-refractivity contribution in [3.63, 3.8) is 0 Å². The van der Waals surface area contributed by atoms with Gasteiger partial charge in [0.25, 0.3) is 0 Å². The lowest BCUT2D eigenvalue weighted by Gasteiger charge is -2.35. The first kappa shape index (κ1) is 23.4.